The summed E-state index contributed by atoms with van der Waals surface area (Å²) >= 11 is 0. The Bertz CT molecular complexity index is 1730. The third-order valence-corrected chi connectivity index (χ3v) is 7.02. The molecule has 0 saturated carbocycles. The SMILES string of the molecule is CC(C)(C)c1nc(-c2ccc(-c3ccccc3)cc2)nc(-c2ccc(-c3ccccc3-c3ccccc3)cc2)n1. The van der Waals surface area contributed by atoms with Gasteiger partial charge in [-0.2, -0.15) is 0 Å². The molecule has 1 aromatic heterocycles. The molecule has 3 nitrogen and oxygen atoms in total. The second kappa shape index (κ2) is 10.7. The van der Waals surface area contributed by atoms with Crippen molar-refractivity contribution in [1.29, 1.82) is 0 Å². The fourth-order valence-corrected chi connectivity index (χ4v) is 4.82. The first-order valence-corrected chi connectivity index (χ1v) is 13.6. The van der Waals surface area contributed by atoms with E-state index in [0.717, 1.165) is 22.5 Å². The predicted molar refractivity (Wildman–Crippen MR) is 166 cm³/mol. The largest absolute Gasteiger partial charge is 0.212 e. The van der Waals surface area contributed by atoms with Crippen LogP contribution in [0.25, 0.3) is 56.2 Å². The lowest BCUT2D eigenvalue weighted by Gasteiger charge is -2.18. The lowest BCUT2D eigenvalue weighted by Crippen LogP contribution is -2.18. The van der Waals surface area contributed by atoms with E-state index in [0.29, 0.717) is 11.6 Å². The molecule has 6 rings (SSSR count). The van der Waals surface area contributed by atoms with Crippen LogP contribution in [0.3, 0.4) is 0 Å². The van der Waals surface area contributed by atoms with Gasteiger partial charge in [-0.1, -0.05) is 154 Å². The van der Waals surface area contributed by atoms with Crippen LogP contribution >= 0.6 is 0 Å². The first-order valence-electron chi connectivity index (χ1n) is 13.6. The van der Waals surface area contributed by atoms with Crippen LogP contribution < -0.4 is 0 Å². The molecule has 40 heavy (non-hydrogen) atoms. The van der Waals surface area contributed by atoms with Crippen molar-refractivity contribution in [1.82, 2.24) is 15.0 Å². The van der Waals surface area contributed by atoms with Crippen LogP contribution in [0.2, 0.25) is 0 Å². The van der Waals surface area contributed by atoms with Gasteiger partial charge in [0.05, 0.1) is 0 Å². The van der Waals surface area contributed by atoms with Gasteiger partial charge in [0, 0.05) is 16.5 Å². The number of benzene rings is 5. The topological polar surface area (TPSA) is 38.7 Å². The molecule has 1 heterocycles. The maximum Gasteiger partial charge on any atom is 0.163 e. The van der Waals surface area contributed by atoms with Crippen LogP contribution in [0.4, 0.5) is 0 Å². The second-order valence-corrected chi connectivity index (χ2v) is 11.0. The molecule has 0 aliphatic heterocycles. The van der Waals surface area contributed by atoms with E-state index >= 15 is 0 Å². The minimum absolute atomic E-state index is 0.217. The summed E-state index contributed by atoms with van der Waals surface area (Å²) < 4.78 is 0. The molecular formula is C37H31N3. The summed E-state index contributed by atoms with van der Waals surface area (Å²) in [7, 11) is 0. The summed E-state index contributed by atoms with van der Waals surface area (Å²) in [6.07, 6.45) is 0. The van der Waals surface area contributed by atoms with Gasteiger partial charge in [0.2, 0.25) is 0 Å². The maximum absolute atomic E-state index is 4.94. The summed E-state index contributed by atoms with van der Waals surface area (Å²) in [6, 6.07) is 46.4. The van der Waals surface area contributed by atoms with Gasteiger partial charge in [-0.3, -0.25) is 0 Å². The van der Waals surface area contributed by atoms with E-state index in [2.05, 4.69) is 142 Å². The fourth-order valence-electron chi connectivity index (χ4n) is 4.82. The quantitative estimate of drug-likeness (QED) is 0.229. The molecule has 0 atom stereocenters. The van der Waals surface area contributed by atoms with Crippen LogP contribution in [-0.4, -0.2) is 15.0 Å². The Balaban J connectivity index is 1.37. The molecule has 0 unspecified atom stereocenters. The molecule has 3 heteroatoms. The molecule has 0 amide bonds. The first-order chi connectivity index (χ1) is 19.5. The Morgan fingerprint density at radius 2 is 0.700 bits per heavy atom. The molecular weight excluding hydrogens is 486 g/mol. The Hall–Kier alpha value is -4.89. The van der Waals surface area contributed by atoms with Crippen molar-refractivity contribution >= 4 is 0 Å². The van der Waals surface area contributed by atoms with Gasteiger partial charge in [0.15, 0.2) is 11.6 Å². The molecule has 0 N–H and O–H groups in total. The second-order valence-electron chi connectivity index (χ2n) is 11.0. The molecule has 0 saturated heterocycles. The van der Waals surface area contributed by atoms with Crippen LogP contribution in [0, 0.1) is 0 Å². The molecule has 0 aliphatic rings. The third-order valence-electron chi connectivity index (χ3n) is 7.02. The maximum atomic E-state index is 4.94. The molecule has 5 aromatic carbocycles. The predicted octanol–water partition coefficient (Wildman–Crippen LogP) is 9.50. The average Bonchev–Trinajstić information content (AvgIpc) is 3.01. The third kappa shape index (κ3) is 5.32. The van der Waals surface area contributed by atoms with Crippen molar-refractivity contribution in [3.05, 3.63) is 139 Å². The lowest BCUT2D eigenvalue weighted by molar-refractivity contribution is 0.543. The Morgan fingerprint density at radius 1 is 0.350 bits per heavy atom. The zero-order valence-corrected chi connectivity index (χ0v) is 23.0. The number of aromatic nitrogens is 3. The normalized spacial score (nSPS) is 11.4. The highest BCUT2D eigenvalue weighted by molar-refractivity contribution is 5.84. The van der Waals surface area contributed by atoms with Crippen LogP contribution in [0.1, 0.15) is 26.6 Å². The Kier molecular flexibility index (Phi) is 6.79. The highest BCUT2D eigenvalue weighted by Crippen LogP contribution is 2.33. The molecule has 0 fully saturated rings. The van der Waals surface area contributed by atoms with E-state index in [-0.39, 0.29) is 5.41 Å². The average molecular weight is 518 g/mol. The smallest absolute Gasteiger partial charge is 0.163 e. The summed E-state index contributed by atoms with van der Waals surface area (Å²) in [5, 5.41) is 0. The first kappa shape index (κ1) is 25.4. The fraction of sp³-hybridized carbons (Fsp3) is 0.108. The van der Waals surface area contributed by atoms with Gasteiger partial charge in [0.25, 0.3) is 0 Å². The molecule has 6 aromatic rings. The number of nitrogens with zero attached hydrogens (tertiary/aromatic N) is 3. The van der Waals surface area contributed by atoms with E-state index < -0.39 is 0 Å². The van der Waals surface area contributed by atoms with E-state index in [1.807, 2.05) is 12.1 Å². The van der Waals surface area contributed by atoms with Crippen LogP contribution in [0.5, 0.6) is 0 Å². The Labute approximate surface area is 236 Å². The molecule has 194 valence electrons. The van der Waals surface area contributed by atoms with E-state index in [1.54, 1.807) is 0 Å². The Morgan fingerprint density at radius 3 is 1.18 bits per heavy atom. The van der Waals surface area contributed by atoms with Crippen molar-refractivity contribution in [2.45, 2.75) is 26.2 Å². The minimum atomic E-state index is -0.217. The standard InChI is InChI=1S/C37H31N3/c1-37(2,3)36-39-34(30-22-18-27(19-23-30)26-12-6-4-7-13-26)38-35(40-36)31-24-20-29(21-25-31)33-17-11-10-16-32(33)28-14-8-5-9-15-28/h4-25H,1-3H3. The summed E-state index contributed by atoms with van der Waals surface area (Å²) in [6.45, 7) is 6.41. The number of rotatable bonds is 5. The highest BCUT2D eigenvalue weighted by Gasteiger charge is 2.21. The van der Waals surface area contributed by atoms with Gasteiger partial charge < -0.3 is 0 Å². The minimum Gasteiger partial charge on any atom is -0.212 e. The molecule has 0 radical (unpaired) electrons. The van der Waals surface area contributed by atoms with Crippen molar-refractivity contribution in [2.75, 3.05) is 0 Å². The molecule has 0 spiro atoms. The summed E-state index contributed by atoms with van der Waals surface area (Å²) in [5.41, 5.74) is 8.86. The molecule has 0 aliphatic carbocycles. The lowest BCUT2D eigenvalue weighted by atomic mass is 9.94. The van der Waals surface area contributed by atoms with Gasteiger partial charge >= 0.3 is 0 Å². The van der Waals surface area contributed by atoms with E-state index in [1.165, 1.54) is 27.8 Å². The van der Waals surface area contributed by atoms with Gasteiger partial charge in [0.1, 0.15) is 5.82 Å². The van der Waals surface area contributed by atoms with Gasteiger partial charge in [-0.05, 0) is 33.4 Å². The van der Waals surface area contributed by atoms with Gasteiger partial charge in [-0.25, -0.2) is 15.0 Å². The van der Waals surface area contributed by atoms with E-state index in [4.69, 9.17) is 15.0 Å². The number of hydrogen-bond acceptors (Lipinski definition) is 3. The summed E-state index contributed by atoms with van der Waals surface area (Å²) in [4.78, 5) is 14.7. The molecule has 0 bridgehead atoms. The van der Waals surface area contributed by atoms with Crippen molar-refractivity contribution < 1.29 is 0 Å². The van der Waals surface area contributed by atoms with E-state index in [9.17, 15) is 0 Å². The van der Waals surface area contributed by atoms with Crippen LogP contribution in [-0.2, 0) is 5.41 Å². The van der Waals surface area contributed by atoms with Crippen molar-refractivity contribution in [3.8, 4) is 56.2 Å². The van der Waals surface area contributed by atoms with Crippen molar-refractivity contribution in [2.24, 2.45) is 0 Å². The summed E-state index contributed by atoms with van der Waals surface area (Å²) in [5.74, 6) is 2.15. The van der Waals surface area contributed by atoms with Crippen LogP contribution in [0.15, 0.2) is 133 Å². The van der Waals surface area contributed by atoms with Gasteiger partial charge in [-0.15, -0.1) is 0 Å². The zero-order valence-electron chi connectivity index (χ0n) is 23.0. The monoisotopic (exact) mass is 517 g/mol. The number of hydrogen-bond donors (Lipinski definition) is 0. The highest BCUT2D eigenvalue weighted by atomic mass is 15.0. The van der Waals surface area contributed by atoms with Crippen molar-refractivity contribution in [3.63, 3.8) is 0 Å². The zero-order chi connectivity index (χ0) is 27.5.